The lowest BCUT2D eigenvalue weighted by Gasteiger charge is -2.12. The van der Waals surface area contributed by atoms with Crippen molar-refractivity contribution in [2.45, 2.75) is 6.10 Å². The lowest BCUT2D eigenvalue weighted by atomic mass is 10.3. The van der Waals surface area contributed by atoms with E-state index in [1.165, 1.54) is 0 Å². The number of anilines is 1. The molecule has 0 saturated carbocycles. The summed E-state index contributed by atoms with van der Waals surface area (Å²) in [7, 11) is 1.85. The summed E-state index contributed by atoms with van der Waals surface area (Å²) in [6.07, 6.45) is -0.316. The van der Waals surface area contributed by atoms with E-state index in [9.17, 15) is 4.79 Å². The molecule has 1 aromatic rings. The third-order valence-electron chi connectivity index (χ3n) is 2.37. The van der Waals surface area contributed by atoms with Crippen LogP contribution in [0.4, 0.5) is 10.5 Å². The highest BCUT2D eigenvalue weighted by atomic mass is 16.6. The zero-order valence-corrected chi connectivity index (χ0v) is 8.64. The average molecular weight is 206 g/mol. The van der Waals surface area contributed by atoms with E-state index >= 15 is 0 Å². The van der Waals surface area contributed by atoms with Gasteiger partial charge in [0.1, 0.15) is 6.10 Å². The maximum Gasteiger partial charge on any atom is 0.414 e. The molecular weight excluding hydrogens is 192 g/mol. The number of benzene rings is 1. The number of para-hydroxylation sites is 1. The Kier molecular flexibility index (Phi) is 2.87. The number of ether oxygens (including phenoxy) is 1. The van der Waals surface area contributed by atoms with Crippen molar-refractivity contribution in [3.8, 4) is 0 Å². The SMILES string of the molecule is CNCC1CN(c2ccccc2)C(=O)O1. The van der Waals surface area contributed by atoms with Crippen LogP contribution in [0.1, 0.15) is 0 Å². The maximum atomic E-state index is 11.5. The number of cyclic esters (lactones) is 1. The second-order valence-electron chi connectivity index (χ2n) is 3.51. The maximum absolute atomic E-state index is 11.5. The summed E-state index contributed by atoms with van der Waals surface area (Å²) < 4.78 is 5.19. The molecule has 4 nitrogen and oxygen atoms in total. The number of rotatable bonds is 3. The van der Waals surface area contributed by atoms with Crippen molar-refractivity contribution in [3.63, 3.8) is 0 Å². The first-order valence-electron chi connectivity index (χ1n) is 4.99. The molecule has 1 aromatic carbocycles. The first-order chi connectivity index (χ1) is 7.31. The topological polar surface area (TPSA) is 41.6 Å². The van der Waals surface area contributed by atoms with Crippen LogP contribution in [0.15, 0.2) is 30.3 Å². The molecule has 0 aromatic heterocycles. The summed E-state index contributed by atoms with van der Waals surface area (Å²) in [5.41, 5.74) is 0.890. The Bertz CT molecular complexity index is 340. The molecule has 0 bridgehead atoms. The summed E-state index contributed by atoms with van der Waals surface area (Å²) in [4.78, 5) is 13.2. The fourth-order valence-electron chi connectivity index (χ4n) is 1.67. The predicted octanol–water partition coefficient (Wildman–Crippen LogP) is 1.23. The lowest BCUT2D eigenvalue weighted by Crippen LogP contribution is -2.28. The van der Waals surface area contributed by atoms with Crippen LogP contribution in [0, 0.1) is 0 Å². The molecule has 1 unspecified atom stereocenters. The summed E-state index contributed by atoms with van der Waals surface area (Å²) in [6, 6.07) is 9.56. The van der Waals surface area contributed by atoms with Crippen LogP contribution in [0.2, 0.25) is 0 Å². The third kappa shape index (κ3) is 2.10. The zero-order chi connectivity index (χ0) is 10.7. The van der Waals surface area contributed by atoms with Crippen LogP contribution in [0.3, 0.4) is 0 Å². The quantitative estimate of drug-likeness (QED) is 0.808. The molecule has 1 saturated heterocycles. The van der Waals surface area contributed by atoms with Gasteiger partial charge in [-0.2, -0.15) is 0 Å². The predicted molar refractivity (Wildman–Crippen MR) is 58.0 cm³/mol. The monoisotopic (exact) mass is 206 g/mol. The van der Waals surface area contributed by atoms with Crippen molar-refractivity contribution < 1.29 is 9.53 Å². The van der Waals surface area contributed by atoms with Gasteiger partial charge in [0, 0.05) is 12.2 Å². The number of hydrogen-bond donors (Lipinski definition) is 1. The molecule has 0 radical (unpaired) electrons. The van der Waals surface area contributed by atoms with E-state index in [2.05, 4.69) is 5.32 Å². The number of nitrogens with zero attached hydrogens (tertiary/aromatic N) is 1. The molecule has 1 atom stereocenters. The van der Waals surface area contributed by atoms with Gasteiger partial charge in [-0.3, -0.25) is 4.90 Å². The van der Waals surface area contributed by atoms with Crippen LogP contribution in [-0.2, 0) is 4.74 Å². The Labute approximate surface area is 88.8 Å². The van der Waals surface area contributed by atoms with Gasteiger partial charge >= 0.3 is 6.09 Å². The molecule has 1 amide bonds. The van der Waals surface area contributed by atoms with Crippen molar-refractivity contribution >= 4 is 11.8 Å². The molecule has 2 rings (SSSR count). The van der Waals surface area contributed by atoms with Gasteiger partial charge in [-0.05, 0) is 19.2 Å². The number of likely N-dealkylation sites (N-methyl/N-ethyl adjacent to an activating group) is 1. The smallest absolute Gasteiger partial charge is 0.414 e. The van der Waals surface area contributed by atoms with E-state index in [4.69, 9.17) is 4.74 Å². The number of amides is 1. The molecule has 4 heteroatoms. The van der Waals surface area contributed by atoms with Crippen LogP contribution >= 0.6 is 0 Å². The van der Waals surface area contributed by atoms with Crippen LogP contribution in [0.5, 0.6) is 0 Å². The summed E-state index contributed by atoms with van der Waals surface area (Å²) in [6.45, 7) is 1.30. The minimum Gasteiger partial charge on any atom is -0.443 e. The summed E-state index contributed by atoms with van der Waals surface area (Å²) in [5, 5.41) is 3.00. The molecule has 1 fully saturated rings. The number of carbonyl (C=O) groups is 1. The molecule has 1 heterocycles. The van der Waals surface area contributed by atoms with Gasteiger partial charge in [-0.1, -0.05) is 18.2 Å². The highest BCUT2D eigenvalue weighted by Crippen LogP contribution is 2.20. The van der Waals surface area contributed by atoms with Gasteiger partial charge in [0.05, 0.1) is 6.54 Å². The standard InChI is InChI=1S/C11H14N2O2/c1-12-7-10-8-13(11(14)15-10)9-5-3-2-4-6-9/h2-6,10,12H,7-8H2,1H3. The van der Waals surface area contributed by atoms with Gasteiger partial charge < -0.3 is 10.1 Å². The van der Waals surface area contributed by atoms with Crippen molar-refractivity contribution in [1.29, 1.82) is 0 Å². The highest BCUT2D eigenvalue weighted by molar-refractivity contribution is 5.89. The molecule has 0 aliphatic carbocycles. The minimum absolute atomic E-state index is 0.0530. The van der Waals surface area contributed by atoms with Gasteiger partial charge in [0.25, 0.3) is 0 Å². The van der Waals surface area contributed by atoms with Crippen molar-refractivity contribution in [2.24, 2.45) is 0 Å². The highest BCUT2D eigenvalue weighted by Gasteiger charge is 2.31. The first-order valence-corrected chi connectivity index (χ1v) is 4.99. The van der Waals surface area contributed by atoms with Gasteiger partial charge in [0.2, 0.25) is 0 Å². The van der Waals surface area contributed by atoms with E-state index in [1.807, 2.05) is 37.4 Å². The van der Waals surface area contributed by atoms with E-state index < -0.39 is 0 Å². The van der Waals surface area contributed by atoms with Gasteiger partial charge in [-0.15, -0.1) is 0 Å². The Morgan fingerprint density at radius 3 is 2.87 bits per heavy atom. The second kappa shape index (κ2) is 4.31. The van der Waals surface area contributed by atoms with Crippen LogP contribution in [0.25, 0.3) is 0 Å². The fourth-order valence-corrected chi connectivity index (χ4v) is 1.67. The zero-order valence-electron chi connectivity index (χ0n) is 8.64. The van der Waals surface area contributed by atoms with E-state index in [0.29, 0.717) is 13.1 Å². The molecule has 15 heavy (non-hydrogen) atoms. The normalized spacial score (nSPS) is 20.5. The van der Waals surface area contributed by atoms with E-state index in [1.54, 1.807) is 4.90 Å². The molecule has 80 valence electrons. The minimum atomic E-state index is -0.263. The van der Waals surface area contributed by atoms with Gasteiger partial charge in [0.15, 0.2) is 0 Å². The van der Waals surface area contributed by atoms with Crippen molar-refractivity contribution in [3.05, 3.63) is 30.3 Å². The lowest BCUT2D eigenvalue weighted by molar-refractivity contribution is 0.141. The van der Waals surface area contributed by atoms with Crippen molar-refractivity contribution in [1.82, 2.24) is 5.32 Å². The molecule has 1 aliphatic rings. The fraction of sp³-hybridized carbons (Fsp3) is 0.364. The number of carbonyl (C=O) groups excluding carboxylic acids is 1. The Morgan fingerprint density at radius 2 is 2.20 bits per heavy atom. The molecular formula is C11H14N2O2. The second-order valence-corrected chi connectivity index (χ2v) is 3.51. The third-order valence-corrected chi connectivity index (χ3v) is 2.37. The molecule has 0 spiro atoms. The Hall–Kier alpha value is -1.55. The Morgan fingerprint density at radius 1 is 1.47 bits per heavy atom. The van der Waals surface area contributed by atoms with Crippen molar-refractivity contribution in [2.75, 3.05) is 25.0 Å². The first kappa shape index (κ1) is 9.98. The number of nitrogens with one attached hydrogen (secondary N) is 1. The van der Waals surface area contributed by atoms with E-state index in [0.717, 1.165) is 5.69 Å². The Balaban J connectivity index is 2.09. The summed E-state index contributed by atoms with van der Waals surface area (Å²) >= 11 is 0. The largest absolute Gasteiger partial charge is 0.443 e. The molecule has 1 N–H and O–H groups in total. The summed E-state index contributed by atoms with van der Waals surface area (Å²) in [5.74, 6) is 0. The molecule has 1 aliphatic heterocycles. The van der Waals surface area contributed by atoms with Crippen LogP contribution in [-0.4, -0.2) is 32.3 Å². The average Bonchev–Trinajstić information content (AvgIpc) is 2.61. The van der Waals surface area contributed by atoms with Crippen LogP contribution < -0.4 is 10.2 Å². The van der Waals surface area contributed by atoms with Gasteiger partial charge in [-0.25, -0.2) is 4.79 Å². The number of hydrogen-bond acceptors (Lipinski definition) is 3. The van der Waals surface area contributed by atoms with E-state index in [-0.39, 0.29) is 12.2 Å².